The van der Waals surface area contributed by atoms with Crippen LogP contribution in [0, 0.1) is 6.92 Å². The molecule has 2 unspecified atom stereocenters. The first kappa shape index (κ1) is 18.4. The van der Waals surface area contributed by atoms with E-state index in [9.17, 15) is 9.59 Å². The van der Waals surface area contributed by atoms with Gasteiger partial charge in [0.15, 0.2) is 12.1 Å². The van der Waals surface area contributed by atoms with Gasteiger partial charge >= 0.3 is 0 Å². The van der Waals surface area contributed by atoms with E-state index in [1.54, 1.807) is 24.3 Å². The molecule has 1 fully saturated rings. The van der Waals surface area contributed by atoms with E-state index in [0.29, 0.717) is 16.5 Å². The highest BCUT2D eigenvalue weighted by Gasteiger charge is 2.55. The number of fused-ring (bicyclic) bond motifs is 1. The van der Waals surface area contributed by atoms with Crippen molar-refractivity contribution in [2.45, 2.75) is 25.6 Å². The van der Waals surface area contributed by atoms with Crippen molar-refractivity contribution in [1.29, 1.82) is 0 Å². The van der Waals surface area contributed by atoms with Crippen molar-refractivity contribution in [2.24, 2.45) is 10.3 Å². The fraction of sp³-hybridized carbons (Fsp3) is 0.200. The van der Waals surface area contributed by atoms with Crippen LogP contribution in [0.25, 0.3) is 11.4 Å². The number of aryl methyl sites for hydroxylation is 1. The second kappa shape index (κ2) is 7.03. The highest BCUT2D eigenvalue weighted by atomic mass is 35.5. The molecule has 150 valence electrons. The molecule has 1 aromatic heterocycles. The maximum atomic E-state index is 13.0. The summed E-state index contributed by atoms with van der Waals surface area (Å²) < 4.78 is 5.33. The maximum absolute atomic E-state index is 13.0. The molecule has 0 saturated carbocycles. The summed E-state index contributed by atoms with van der Waals surface area (Å²) in [5, 5.41) is 13.8. The van der Waals surface area contributed by atoms with Crippen molar-refractivity contribution >= 4 is 29.1 Å². The molecule has 0 N–H and O–H groups in total. The highest BCUT2D eigenvalue weighted by molar-refractivity contribution is 6.31. The predicted molar refractivity (Wildman–Crippen MR) is 106 cm³/mol. The van der Waals surface area contributed by atoms with Gasteiger partial charge in [0, 0.05) is 10.6 Å². The number of carbonyl (C=O) groups is 2. The van der Waals surface area contributed by atoms with E-state index >= 15 is 0 Å². The monoisotopic (exact) mass is 422 g/mol. The van der Waals surface area contributed by atoms with Crippen LogP contribution in [0.1, 0.15) is 11.5 Å². The van der Waals surface area contributed by atoms with E-state index in [-0.39, 0.29) is 12.4 Å². The van der Waals surface area contributed by atoms with Gasteiger partial charge in [0.25, 0.3) is 11.8 Å². The number of nitrogens with zero attached hydrogens (tertiary/aromatic N) is 6. The van der Waals surface area contributed by atoms with E-state index in [1.165, 1.54) is 5.01 Å². The van der Waals surface area contributed by atoms with Crippen LogP contribution < -0.4 is 4.90 Å². The van der Waals surface area contributed by atoms with Gasteiger partial charge in [-0.15, -0.1) is 0 Å². The zero-order valence-electron chi connectivity index (χ0n) is 15.8. The Bertz CT molecular complexity index is 1190. The van der Waals surface area contributed by atoms with Crippen LogP contribution >= 0.6 is 11.6 Å². The smallest absolute Gasteiger partial charge is 0.263 e. The number of hydrogen-bond acceptors (Lipinski definition) is 8. The Morgan fingerprint density at radius 2 is 1.93 bits per heavy atom. The molecule has 0 radical (unpaired) electrons. The van der Waals surface area contributed by atoms with Crippen LogP contribution in [0.4, 0.5) is 5.69 Å². The molecule has 2 aliphatic heterocycles. The summed E-state index contributed by atoms with van der Waals surface area (Å²) in [6, 6.07) is 12.5. The fourth-order valence-electron chi connectivity index (χ4n) is 3.58. The average molecular weight is 423 g/mol. The minimum absolute atomic E-state index is 0.0614. The minimum Gasteiger partial charge on any atom is -0.337 e. The first-order valence-corrected chi connectivity index (χ1v) is 9.59. The predicted octanol–water partition coefficient (Wildman–Crippen LogP) is 3.19. The molecule has 0 spiro atoms. The standard InChI is InChI=1S/C20H15ClN6O3/c1-11-4-2-5-12(8-11)18-22-15(30-24-18)10-26-17-16(23-25-26)19(28)27(20(17)29)14-7-3-6-13(21)9-14/h2-9,16-17H,10H2,1H3. The Morgan fingerprint density at radius 3 is 2.73 bits per heavy atom. The molecule has 30 heavy (non-hydrogen) atoms. The normalized spacial score (nSPS) is 20.3. The quantitative estimate of drug-likeness (QED) is 0.598. The number of carbonyl (C=O) groups excluding carboxylic acids is 2. The lowest BCUT2D eigenvalue weighted by Crippen LogP contribution is -2.39. The van der Waals surface area contributed by atoms with Crippen LogP contribution in [0.5, 0.6) is 0 Å². The van der Waals surface area contributed by atoms with Crippen molar-refractivity contribution in [1.82, 2.24) is 15.1 Å². The van der Waals surface area contributed by atoms with Crippen LogP contribution in [0.3, 0.4) is 0 Å². The van der Waals surface area contributed by atoms with Gasteiger partial charge in [-0.05, 0) is 31.2 Å². The van der Waals surface area contributed by atoms with Gasteiger partial charge in [-0.2, -0.15) is 10.1 Å². The van der Waals surface area contributed by atoms with Gasteiger partial charge in [-0.25, -0.2) is 4.90 Å². The second-order valence-electron chi connectivity index (χ2n) is 7.07. The first-order valence-electron chi connectivity index (χ1n) is 9.22. The van der Waals surface area contributed by atoms with Gasteiger partial charge in [0.1, 0.15) is 6.54 Å². The number of halogens is 1. The molecule has 2 aliphatic rings. The summed E-state index contributed by atoms with van der Waals surface area (Å²) in [7, 11) is 0. The molecule has 1 saturated heterocycles. The molecule has 9 nitrogen and oxygen atoms in total. The molecule has 10 heteroatoms. The lowest BCUT2D eigenvalue weighted by Gasteiger charge is -2.19. The van der Waals surface area contributed by atoms with Crippen molar-refractivity contribution in [3.8, 4) is 11.4 Å². The van der Waals surface area contributed by atoms with Gasteiger partial charge in [0.05, 0.1) is 5.69 Å². The van der Waals surface area contributed by atoms with Crippen molar-refractivity contribution in [3.63, 3.8) is 0 Å². The Labute approximate surface area is 175 Å². The van der Waals surface area contributed by atoms with Crippen LogP contribution in [-0.4, -0.2) is 39.0 Å². The Kier molecular flexibility index (Phi) is 4.32. The summed E-state index contributed by atoms with van der Waals surface area (Å²) in [6.45, 7) is 2.04. The van der Waals surface area contributed by atoms with Crippen LogP contribution in [-0.2, 0) is 16.1 Å². The summed E-state index contributed by atoms with van der Waals surface area (Å²) >= 11 is 6.01. The van der Waals surface area contributed by atoms with Gasteiger partial charge in [-0.3, -0.25) is 14.6 Å². The van der Waals surface area contributed by atoms with Crippen LogP contribution in [0.2, 0.25) is 5.02 Å². The Morgan fingerprint density at radius 1 is 1.10 bits per heavy atom. The maximum Gasteiger partial charge on any atom is 0.263 e. The number of hydrogen-bond donors (Lipinski definition) is 0. The van der Waals surface area contributed by atoms with Crippen molar-refractivity contribution in [2.75, 3.05) is 4.90 Å². The minimum atomic E-state index is -0.907. The number of anilines is 1. The van der Waals surface area contributed by atoms with Gasteiger partial charge in [-0.1, -0.05) is 51.8 Å². The fourth-order valence-corrected chi connectivity index (χ4v) is 3.77. The second-order valence-corrected chi connectivity index (χ2v) is 7.50. The summed E-state index contributed by atoms with van der Waals surface area (Å²) in [4.78, 5) is 31.2. The number of amides is 2. The summed E-state index contributed by atoms with van der Waals surface area (Å²) in [6.07, 6.45) is 0. The molecular weight excluding hydrogens is 408 g/mol. The van der Waals surface area contributed by atoms with E-state index < -0.39 is 23.9 Å². The largest absolute Gasteiger partial charge is 0.337 e. The molecule has 5 rings (SSSR count). The van der Waals surface area contributed by atoms with Crippen LogP contribution in [0.15, 0.2) is 63.4 Å². The van der Waals surface area contributed by atoms with Crippen molar-refractivity contribution in [3.05, 3.63) is 65.0 Å². The molecule has 0 bridgehead atoms. The molecule has 0 aliphatic carbocycles. The SMILES string of the molecule is Cc1cccc(-c2noc(CN3N=NC4C(=O)N(c5cccc(Cl)c5)C(=O)C43)n2)c1. The zero-order valence-corrected chi connectivity index (χ0v) is 16.5. The third-order valence-corrected chi connectivity index (χ3v) is 5.20. The number of benzene rings is 2. The molecule has 3 heterocycles. The third-order valence-electron chi connectivity index (χ3n) is 4.97. The molecule has 3 aromatic rings. The zero-order chi connectivity index (χ0) is 20.8. The number of imide groups is 1. The number of rotatable bonds is 4. The lowest BCUT2D eigenvalue weighted by molar-refractivity contribution is -0.123. The van der Waals surface area contributed by atoms with Gasteiger partial charge < -0.3 is 4.52 Å². The highest BCUT2D eigenvalue weighted by Crippen LogP contribution is 2.33. The summed E-state index contributed by atoms with van der Waals surface area (Å²) in [5.74, 6) is -0.150. The summed E-state index contributed by atoms with van der Waals surface area (Å²) in [5.41, 5.74) is 2.30. The lowest BCUT2D eigenvalue weighted by atomic mass is 10.1. The third kappa shape index (κ3) is 3.03. The topological polar surface area (TPSA) is 104 Å². The van der Waals surface area contributed by atoms with Gasteiger partial charge in [0.2, 0.25) is 11.7 Å². The first-order chi connectivity index (χ1) is 14.5. The molecular formula is C20H15ClN6O3. The van der Waals surface area contributed by atoms with E-state index in [4.69, 9.17) is 16.1 Å². The average Bonchev–Trinajstić information content (AvgIpc) is 3.41. The number of aromatic nitrogens is 2. The van der Waals surface area contributed by atoms with E-state index in [0.717, 1.165) is 16.0 Å². The van der Waals surface area contributed by atoms with E-state index in [2.05, 4.69) is 20.5 Å². The Hall–Kier alpha value is -3.59. The molecule has 2 amide bonds. The van der Waals surface area contributed by atoms with E-state index in [1.807, 2.05) is 31.2 Å². The Balaban J connectivity index is 1.37. The molecule has 2 aromatic carbocycles. The molecule has 2 atom stereocenters. The van der Waals surface area contributed by atoms with Crippen molar-refractivity contribution < 1.29 is 14.1 Å².